The van der Waals surface area contributed by atoms with E-state index in [1.165, 1.54) is 22.3 Å². The zero-order chi connectivity index (χ0) is 32.4. The van der Waals surface area contributed by atoms with Gasteiger partial charge < -0.3 is 10.2 Å². The van der Waals surface area contributed by atoms with Crippen LogP contribution >= 0.6 is 0 Å². The molecular weight excluding hydrogens is 528 g/mol. The van der Waals surface area contributed by atoms with E-state index in [9.17, 15) is 15.0 Å². The SMILES string of the molecule is CC1=C(CC/C(C)=C/C=C/C(C)=C/C=C/C=C(C)/C=C/C=C(C)/C=C/C(=O)[C@]2(C)C[C@@H](O)CC2(C)C)C(C)(C)C[C@H](O)C1. The Kier molecular flexibility index (Phi) is 13.4. The van der Waals surface area contributed by atoms with Crippen LogP contribution in [0.25, 0.3) is 0 Å². The van der Waals surface area contributed by atoms with Crippen LogP contribution in [0.4, 0.5) is 0 Å². The first kappa shape index (κ1) is 36.4. The first-order valence-corrected chi connectivity index (χ1v) is 16.0. The molecule has 3 atom stereocenters. The lowest BCUT2D eigenvalue weighted by Crippen LogP contribution is -2.36. The second-order valence-electron chi connectivity index (χ2n) is 14.5. The van der Waals surface area contributed by atoms with Crippen LogP contribution in [0, 0.1) is 16.2 Å². The lowest BCUT2D eigenvalue weighted by Gasteiger charge is -2.37. The van der Waals surface area contributed by atoms with Crippen molar-refractivity contribution in [1.29, 1.82) is 0 Å². The standard InChI is InChI=1S/C40H58O3/c1-29(17-13-19-31(3)21-23-36-33(5)25-34(41)26-38(36,6)7)15-11-12-16-30(2)18-14-20-32(4)22-24-37(43)40(10)28-35(42)27-39(40,8)9/h11-20,22,24,34-35,41-42H,21,23,25-28H2,1-10H3/b12-11+,17-13+,18-14+,24-22+,29-15+,30-16+,31-19+,32-20+/t34-,35+,40+/m1/s1. The van der Waals surface area contributed by atoms with Crippen molar-refractivity contribution in [3.63, 3.8) is 0 Å². The molecule has 3 nitrogen and oxygen atoms in total. The lowest BCUT2D eigenvalue weighted by atomic mass is 9.66. The van der Waals surface area contributed by atoms with Gasteiger partial charge in [-0.15, -0.1) is 0 Å². The number of ketones is 1. The highest BCUT2D eigenvalue weighted by atomic mass is 16.3. The smallest absolute Gasteiger partial charge is 0.162 e. The predicted octanol–water partition coefficient (Wildman–Crippen LogP) is 10.0. The molecule has 0 aromatic carbocycles. The Bertz CT molecular complexity index is 1270. The summed E-state index contributed by atoms with van der Waals surface area (Å²) in [6.07, 6.45) is 28.7. The number of carbonyl (C=O) groups is 1. The first-order chi connectivity index (χ1) is 20.0. The van der Waals surface area contributed by atoms with Crippen molar-refractivity contribution in [1.82, 2.24) is 0 Å². The van der Waals surface area contributed by atoms with Crippen molar-refractivity contribution in [3.8, 4) is 0 Å². The number of hydrogen-bond donors (Lipinski definition) is 2. The van der Waals surface area contributed by atoms with Crippen LogP contribution in [0.2, 0.25) is 0 Å². The minimum atomic E-state index is -0.529. The van der Waals surface area contributed by atoms with Gasteiger partial charge in [-0.25, -0.2) is 0 Å². The highest BCUT2D eigenvalue weighted by molar-refractivity contribution is 5.95. The molecule has 0 unspecified atom stereocenters. The van der Waals surface area contributed by atoms with Gasteiger partial charge in [-0.2, -0.15) is 0 Å². The summed E-state index contributed by atoms with van der Waals surface area (Å²) in [5.41, 5.74) is 6.92. The van der Waals surface area contributed by atoms with Crippen LogP contribution in [-0.2, 0) is 4.79 Å². The van der Waals surface area contributed by atoms with Crippen LogP contribution in [0.15, 0.2) is 106 Å². The first-order valence-electron chi connectivity index (χ1n) is 16.0. The van der Waals surface area contributed by atoms with Gasteiger partial charge in [0, 0.05) is 5.41 Å². The fourth-order valence-electron chi connectivity index (χ4n) is 6.55. The van der Waals surface area contributed by atoms with Crippen LogP contribution in [-0.4, -0.2) is 28.2 Å². The Morgan fingerprint density at radius 2 is 1.26 bits per heavy atom. The summed E-state index contributed by atoms with van der Waals surface area (Å²) in [6.45, 7) is 21.2. The van der Waals surface area contributed by atoms with E-state index in [0.717, 1.165) is 36.8 Å². The summed E-state index contributed by atoms with van der Waals surface area (Å²) in [5, 5.41) is 20.2. The molecule has 0 aliphatic heterocycles. The van der Waals surface area contributed by atoms with Crippen molar-refractivity contribution in [2.24, 2.45) is 16.2 Å². The number of allylic oxidation sites excluding steroid dienone is 17. The summed E-state index contributed by atoms with van der Waals surface area (Å²) in [5.74, 6) is 0.0882. The van der Waals surface area contributed by atoms with E-state index < -0.39 is 11.5 Å². The Balaban J connectivity index is 1.85. The Morgan fingerprint density at radius 1 is 0.721 bits per heavy atom. The highest BCUT2D eigenvalue weighted by Gasteiger charge is 2.52. The summed E-state index contributed by atoms with van der Waals surface area (Å²) < 4.78 is 0. The normalized spacial score (nSPS) is 27.5. The number of hydrogen-bond acceptors (Lipinski definition) is 3. The lowest BCUT2D eigenvalue weighted by molar-refractivity contribution is -0.127. The molecule has 0 saturated heterocycles. The molecule has 2 aliphatic carbocycles. The molecule has 0 spiro atoms. The minimum Gasteiger partial charge on any atom is -0.393 e. The molecule has 43 heavy (non-hydrogen) atoms. The van der Waals surface area contributed by atoms with Gasteiger partial charge in [-0.1, -0.05) is 135 Å². The number of aliphatic hydroxyl groups is 2. The van der Waals surface area contributed by atoms with Gasteiger partial charge in [-0.3, -0.25) is 4.79 Å². The molecule has 3 heteroatoms. The van der Waals surface area contributed by atoms with Gasteiger partial charge in [0.25, 0.3) is 0 Å². The second kappa shape index (κ2) is 15.8. The molecule has 1 saturated carbocycles. The second-order valence-corrected chi connectivity index (χ2v) is 14.5. The molecule has 1 fully saturated rings. The van der Waals surface area contributed by atoms with Crippen molar-refractivity contribution in [2.75, 3.05) is 0 Å². The van der Waals surface area contributed by atoms with E-state index in [4.69, 9.17) is 0 Å². The maximum atomic E-state index is 12.9. The van der Waals surface area contributed by atoms with E-state index in [2.05, 4.69) is 97.9 Å². The highest BCUT2D eigenvalue weighted by Crippen LogP contribution is 2.53. The van der Waals surface area contributed by atoms with Gasteiger partial charge in [0.15, 0.2) is 5.78 Å². The van der Waals surface area contributed by atoms with E-state index in [1.54, 1.807) is 6.08 Å². The zero-order valence-electron chi connectivity index (χ0n) is 28.6. The molecule has 2 N–H and O–H groups in total. The van der Waals surface area contributed by atoms with Crippen molar-refractivity contribution in [3.05, 3.63) is 106 Å². The van der Waals surface area contributed by atoms with E-state index >= 15 is 0 Å². The molecule has 0 radical (unpaired) electrons. The van der Waals surface area contributed by atoms with Crippen LogP contribution in [0.3, 0.4) is 0 Å². The molecule has 0 amide bonds. The monoisotopic (exact) mass is 586 g/mol. The Morgan fingerprint density at radius 3 is 1.79 bits per heavy atom. The largest absolute Gasteiger partial charge is 0.393 e. The predicted molar refractivity (Wildman–Crippen MR) is 185 cm³/mol. The van der Waals surface area contributed by atoms with Crippen molar-refractivity contribution in [2.45, 2.75) is 120 Å². The maximum absolute atomic E-state index is 12.9. The van der Waals surface area contributed by atoms with Crippen molar-refractivity contribution >= 4 is 5.78 Å². The zero-order valence-corrected chi connectivity index (χ0v) is 28.6. The number of aliphatic hydroxyl groups excluding tert-OH is 2. The quantitative estimate of drug-likeness (QED) is 0.136. The summed E-state index contributed by atoms with van der Waals surface area (Å²) in [7, 11) is 0. The van der Waals surface area contributed by atoms with E-state index in [1.807, 2.05) is 38.2 Å². The van der Waals surface area contributed by atoms with E-state index in [0.29, 0.717) is 12.8 Å². The van der Waals surface area contributed by atoms with Gasteiger partial charge in [-0.05, 0) is 90.0 Å². The number of carbonyl (C=O) groups excluding carboxylic acids is 1. The average Bonchev–Trinajstić information content (AvgIpc) is 3.10. The molecular formula is C40H58O3. The molecule has 0 aromatic rings. The number of rotatable bonds is 12. The topological polar surface area (TPSA) is 57.5 Å². The molecule has 0 heterocycles. The molecule has 236 valence electrons. The molecule has 2 rings (SSSR count). The third kappa shape index (κ3) is 11.0. The van der Waals surface area contributed by atoms with Crippen molar-refractivity contribution < 1.29 is 15.0 Å². The van der Waals surface area contributed by atoms with Gasteiger partial charge in [0.1, 0.15) is 0 Å². The fraction of sp³-hybridized carbons (Fsp3) is 0.525. The molecule has 0 aromatic heterocycles. The summed E-state index contributed by atoms with van der Waals surface area (Å²) in [6, 6.07) is 0. The summed E-state index contributed by atoms with van der Waals surface area (Å²) >= 11 is 0. The Labute approximate surface area is 263 Å². The van der Waals surface area contributed by atoms with Crippen LogP contribution in [0.5, 0.6) is 0 Å². The molecule has 2 aliphatic rings. The van der Waals surface area contributed by atoms with E-state index in [-0.39, 0.29) is 22.7 Å². The van der Waals surface area contributed by atoms with Gasteiger partial charge in [0.2, 0.25) is 0 Å². The minimum absolute atomic E-state index is 0.0815. The Hall–Kier alpha value is -2.75. The fourth-order valence-corrected chi connectivity index (χ4v) is 6.55. The van der Waals surface area contributed by atoms with Gasteiger partial charge >= 0.3 is 0 Å². The van der Waals surface area contributed by atoms with Gasteiger partial charge in [0.05, 0.1) is 12.2 Å². The summed E-state index contributed by atoms with van der Waals surface area (Å²) in [4.78, 5) is 12.9. The van der Waals surface area contributed by atoms with Crippen LogP contribution < -0.4 is 0 Å². The average molecular weight is 587 g/mol. The molecule has 0 bridgehead atoms. The maximum Gasteiger partial charge on any atom is 0.162 e. The third-order valence-corrected chi connectivity index (χ3v) is 9.60. The van der Waals surface area contributed by atoms with Crippen LogP contribution in [0.1, 0.15) is 108 Å². The third-order valence-electron chi connectivity index (χ3n) is 9.60.